The minimum absolute atomic E-state index is 0. The highest BCUT2D eigenvalue weighted by Gasteiger charge is 2.16. The van der Waals surface area contributed by atoms with Crippen LogP contribution in [0.3, 0.4) is 0 Å². The lowest BCUT2D eigenvalue weighted by atomic mass is 10.00. The van der Waals surface area contributed by atoms with E-state index in [1.807, 2.05) is 6.92 Å². The van der Waals surface area contributed by atoms with Crippen LogP contribution in [0, 0.1) is 5.82 Å². The highest BCUT2D eigenvalue weighted by atomic mass is 35.5. The zero-order chi connectivity index (χ0) is 11.4. The fourth-order valence-electron chi connectivity index (χ4n) is 1.53. The van der Waals surface area contributed by atoms with Crippen molar-refractivity contribution >= 4 is 12.4 Å². The van der Waals surface area contributed by atoms with E-state index < -0.39 is 6.04 Å². The van der Waals surface area contributed by atoms with Gasteiger partial charge in [0.1, 0.15) is 11.6 Å². The van der Waals surface area contributed by atoms with Gasteiger partial charge < -0.3 is 10.5 Å². The number of ether oxygens (including phenoxy) is 1. The van der Waals surface area contributed by atoms with Crippen molar-refractivity contribution in [2.45, 2.75) is 19.4 Å². The number of nitrogens with two attached hydrogens (primary N) is 1. The number of hydrogen-bond donors (Lipinski definition) is 1. The van der Waals surface area contributed by atoms with Gasteiger partial charge in [0.25, 0.3) is 0 Å². The first-order valence-corrected chi connectivity index (χ1v) is 4.78. The summed E-state index contributed by atoms with van der Waals surface area (Å²) in [5, 5.41) is 0. The van der Waals surface area contributed by atoms with Crippen LogP contribution in [0.2, 0.25) is 0 Å². The molecule has 0 bridgehead atoms. The molecule has 0 aromatic heterocycles. The average molecular weight is 246 g/mol. The second-order valence-electron chi connectivity index (χ2n) is 3.62. The summed E-state index contributed by atoms with van der Waals surface area (Å²) in [5.41, 5.74) is 7.24. The Morgan fingerprint density at radius 3 is 2.69 bits per heavy atom. The Kier molecular flexibility index (Phi) is 6.08. The Hall–Kier alpha value is -1.06. The van der Waals surface area contributed by atoms with Crippen molar-refractivity contribution in [1.82, 2.24) is 0 Å². The highest BCUT2D eigenvalue weighted by molar-refractivity contribution is 5.85. The third-order valence-electron chi connectivity index (χ3n) is 2.17. The van der Waals surface area contributed by atoms with E-state index >= 15 is 0 Å². The maximum Gasteiger partial charge on any atom is 0.131 e. The maximum atomic E-state index is 13.5. The lowest BCUT2D eigenvalue weighted by Crippen LogP contribution is -2.13. The number of halogens is 2. The van der Waals surface area contributed by atoms with E-state index in [4.69, 9.17) is 10.5 Å². The van der Waals surface area contributed by atoms with E-state index in [0.717, 1.165) is 5.57 Å². The number of benzene rings is 1. The summed E-state index contributed by atoms with van der Waals surface area (Å²) in [6, 6.07) is 4.29. The zero-order valence-corrected chi connectivity index (χ0v) is 10.3. The Bertz CT molecular complexity index is 368. The molecule has 0 aliphatic rings. The van der Waals surface area contributed by atoms with Crippen LogP contribution in [0.4, 0.5) is 4.39 Å². The quantitative estimate of drug-likeness (QED) is 0.827. The smallest absolute Gasteiger partial charge is 0.131 e. The minimum Gasteiger partial charge on any atom is -0.496 e. The lowest BCUT2D eigenvalue weighted by molar-refractivity contribution is 0.399. The minimum atomic E-state index is -0.404. The van der Waals surface area contributed by atoms with Gasteiger partial charge in [0.2, 0.25) is 0 Å². The van der Waals surface area contributed by atoms with Gasteiger partial charge in [-0.2, -0.15) is 0 Å². The summed E-state index contributed by atoms with van der Waals surface area (Å²) in [6.07, 6.45) is 0.553. The Labute approximate surface area is 102 Å². The monoisotopic (exact) mass is 245 g/mol. The molecule has 2 N–H and O–H groups in total. The molecule has 0 spiro atoms. The Morgan fingerprint density at radius 2 is 2.19 bits per heavy atom. The van der Waals surface area contributed by atoms with Crippen LogP contribution in [-0.4, -0.2) is 7.11 Å². The van der Waals surface area contributed by atoms with E-state index in [9.17, 15) is 4.39 Å². The standard InChI is InChI=1S/C12H16FNO.ClH/c1-8(2)7-10(14)12-9(13)5-4-6-11(12)15-3;/h4-6,10H,1,7,14H2,2-3H3;1H/t10-;/m1./s1. The van der Waals surface area contributed by atoms with Crippen LogP contribution in [0.25, 0.3) is 0 Å². The third kappa shape index (κ3) is 3.51. The Morgan fingerprint density at radius 1 is 1.56 bits per heavy atom. The number of methoxy groups -OCH3 is 1. The van der Waals surface area contributed by atoms with Crippen LogP contribution in [0.15, 0.2) is 30.4 Å². The van der Waals surface area contributed by atoms with Gasteiger partial charge in [0.15, 0.2) is 0 Å². The van der Waals surface area contributed by atoms with Crippen molar-refractivity contribution in [1.29, 1.82) is 0 Å². The van der Waals surface area contributed by atoms with E-state index in [1.165, 1.54) is 13.2 Å². The number of rotatable bonds is 4. The Balaban J connectivity index is 0.00000225. The summed E-state index contributed by atoms with van der Waals surface area (Å²) >= 11 is 0. The van der Waals surface area contributed by atoms with E-state index in [1.54, 1.807) is 12.1 Å². The van der Waals surface area contributed by atoms with E-state index in [2.05, 4.69) is 6.58 Å². The molecule has 1 rings (SSSR count). The molecule has 0 aliphatic heterocycles. The zero-order valence-electron chi connectivity index (χ0n) is 9.50. The topological polar surface area (TPSA) is 35.2 Å². The molecule has 0 fully saturated rings. The largest absolute Gasteiger partial charge is 0.496 e. The fraction of sp³-hybridized carbons (Fsp3) is 0.333. The molecule has 0 unspecified atom stereocenters. The van der Waals surface area contributed by atoms with Crippen molar-refractivity contribution < 1.29 is 9.13 Å². The predicted molar refractivity (Wildman–Crippen MR) is 66.6 cm³/mol. The maximum absolute atomic E-state index is 13.5. The summed E-state index contributed by atoms with van der Waals surface area (Å²) in [6.45, 7) is 5.63. The van der Waals surface area contributed by atoms with Gasteiger partial charge in [-0.15, -0.1) is 19.0 Å². The third-order valence-corrected chi connectivity index (χ3v) is 2.17. The first kappa shape index (κ1) is 14.9. The van der Waals surface area contributed by atoms with Crippen LogP contribution >= 0.6 is 12.4 Å². The molecule has 90 valence electrons. The van der Waals surface area contributed by atoms with Gasteiger partial charge in [-0.05, 0) is 25.5 Å². The SMILES string of the molecule is C=C(C)C[C@@H](N)c1c(F)cccc1OC.Cl. The summed E-state index contributed by atoms with van der Waals surface area (Å²) in [4.78, 5) is 0. The van der Waals surface area contributed by atoms with Gasteiger partial charge >= 0.3 is 0 Å². The van der Waals surface area contributed by atoms with Crippen LogP contribution in [0.1, 0.15) is 24.9 Å². The van der Waals surface area contributed by atoms with Crippen LogP contribution in [0.5, 0.6) is 5.75 Å². The molecule has 0 saturated carbocycles. The molecule has 0 heterocycles. The van der Waals surface area contributed by atoms with Crippen LogP contribution in [-0.2, 0) is 0 Å². The molecular formula is C12H17ClFNO. The highest BCUT2D eigenvalue weighted by Crippen LogP contribution is 2.29. The average Bonchev–Trinajstić information content (AvgIpc) is 2.15. The molecule has 1 atom stereocenters. The predicted octanol–water partition coefficient (Wildman–Crippen LogP) is 3.22. The second kappa shape index (κ2) is 6.51. The van der Waals surface area contributed by atoms with Gasteiger partial charge in [-0.25, -0.2) is 4.39 Å². The second-order valence-corrected chi connectivity index (χ2v) is 3.62. The molecule has 0 aliphatic carbocycles. The normalized spacial score (nSPS) is 11.5. The molecule has 1 aromatic rings. The van der Waals surface area contributed by atoms with Crippen molar-refractivity contribution in [3.8, 4) is 5.75 Å². The molecule has 1 aromatic carbocycles. The first-order chi connectivity index (χ1) is 7.06. The molecular weight excluding hydrogens is 229 g/mol. The molecule has 2 nitrogen and oxygen atoms in total. The number of hydrogen-bond acceptors (Lipinski definition) is 2. The van der Waals surface area contributed by atoms with Gasteiger partial charge in [0.05, 0.1) is 7.11 Å². The van der Waals surface area contributed by atoms with Gasteiger partial charge in [-0.3, -0.25) is 0 Å². The summed E-state index contributed by atoms with van der Waals surface area (Å²) in [7, 11) is 1.51. The fourth-order valence-corrected chi connectivity index (χ4v) is 1.53. The van der Waals surface area contributed by atoms with Crippen molar-refractivity contribution in [2.75, 3.05) is 7.11 Å². The lowest BCUT2D eigenvalue weighted by Gasteiger charge is -2.16. The molecule has 0 radical (unpaired) electrons. The van der Waals surface area contributed by atoms with Crippen molar-refractivity contribution in [2.24, 2.45) is 5.73 Å². The van der Waals surface area contributed by atoms with E-state index in [0.29, 0.717) is 17.7 Å². The van der Waals surface area contributed by atoms with Crippen LogP contribution < -0.4 is 10.5 Å². The van der Waals surface area contributed by atoms with Crippen molar-refractivity contribution in [3.05, 3.63) is 41.7 Å². The van der Waals surface area contributed by atoms with Crippen molar-refractivity contribution in [3.63, 3.8) is 0 Å². The first-order valence-electron chi connectivity index (χ1n) is 4.78. The summed E-state index contributed by atoms with van der Waals surface area (Å²) < 4.78 is 18.6. The summed E-state index contributed by atoms with van der Waals surface area (Å²) in [5.74, 6) is 0.159. The molecule has 4 heteroatoms. The molecule has 16 heavy (non-hydrogen) atoms. The molecule has 0 saturated heterocycles. The molecule has 0 amide bonds. The van der Waals surface area contributed by atoms with Gasteiger partial charge in [0, 0.05) is 11.6 Å². The van der Waals surface area contributed by atoms with E-state index in [-0.39, 0.29) is 18.2 Å². The van der Waals surface area contributed by atoms with Gasteiger partial charge in [-0.1, -0.05) is 11.6 Å².